The molecule has 7 nitrogen and oxygen atoms in total. The number of aromatic nitrogens is 2. The first-order chi connectivity index (χ1) is 11.6. The van der Waals surface area contributed by atoms with Gasteiger partial charge in [0.1, 0.15) is 0 Å². The molecule has 0 aliphatic carbocycles. The van der Waals surface area contributed by atoms with Crippen LogP contribution in [-0.4, -0.2) is 64.2 Å². The third-order valence-electron chi connectivity index (χ3n) is 4.75. The van der Waals surface area contributed by atoms with Crippen molar-refractivity contribution in [2.45, 2.75) is 38.5 Å². The summed E-state index contributed by atoms with van der Waals surface area (Å²) in [5, 5.41) is 4.27. The molecule has 2 aliphatic rings. The van der Waals surface area contributed by atoms with E-state index >= 15 is 0 Å². The summed E-state index contributed by atoms with van der Waals surface area (Å²) in [4.78, 5) is 28.3. The van der Waals surface area contributed by atoms with Crippen LogP contribution in [0.2, 0.25) is 0 Å². The molecule has 2 fully saturated rings. The highest BCUT2D eigenvalue weighted by Gasteiger charge is 2.22. The lowest BCUT2D eigenvalue weighted by atomic mass is 10.2. The Morgan fingerprint density at radius 1 is 1.00 bits per heavy atom. The van der Waals surface area contributed by atoms with Crippen LogP contribution in [0, 0.1) is 0 Å². The van der Waals surface area contributed by atoms with Crippen LogP contribution in [0.25, 0.3) is 0 Å². The average molecular weight is 334 g/mol. The van der Waals surface area contributed by atoms with Crippen LogP contribution >= 0.6 is 0 Å². The highest BCUT2D eigenvalue weighted by molar-refractivity contribution is 5.92. The number of aryl methyl sites for hydroxylation is 1. The summed E-state index contributed by atoms with van der Waals surface area (Å²) in [5.74, 6) is 0.406. The Hall–Kier alpha value is -2.05. The van der Waals surface area contributed by atoms with Gasteiger partial charge in [-0.05, 0) is 25.7 Å². The Bertz CT molecular complexity index is 585. The fourth-order valence-corrected chi connectivity index (χ4v) is 3.32. The summed E-state index contributed by atoms with van der Waals surface area (Å²) < 4.78 is 7.12. The van der Waals surface area contributed by atoms with Gasteiger partial charge in [0.2, 0.25) is 5.88 Å². The van der Waals surface area contributed by atoms with Crippen molar-refractivity contribution in [2.24, 2.45) is 7.05 Å². The molecule has 0 N–H and O–H groups in total. The van der Waals surface area contributed by atoms with Crippen LogP contribution in [0.3, 0.4) is 0 Å². The van der Waals surface area contributed by atoms with Crippen molar-refractivity contribution in [1.82, 2.24) is 19.6 Å². The van der Waals surface area contributed by atoms with Crippen LogP contribution in [0.1, 0.15) is 49.0 Å². The summed E-state index contributed by atoms with van der Waals surface area (Å²) >= 11 is 0. The van der Waals surface area contributed by atoms with E-state index in [-0.39, 0.29) is 18.4 Å². The molecule has 0 spiro atoms. The number of amides is 2. The van der Waals surface area contributed by atoms with Crippen molar-refractivity contribution in [3.8, 4) is 5.88 Å². The minimum Gasteiger partial charge on any atom is -0.468 e. The molecule has 2 saturated heterocycles. The highest BCUT2D eigenvalue weighted by Crippen LogP contribution is 2.17. The molecule has 1 aromatic rings. The first kappa shape index (κ1) is 16.8. The fraction of sp³-hybridized carbons (Fsp3) is 0.706. The molecule has 0 bridgehead atoms. The summed E-state index contributed by atoms with van der Waals surface area (Å²) in [6, 6.07) is 1.64. The SMILES string of the molecule is Cn1nc(C(=O)N2CCCCCC2)cc1OCC(=O)N1CCCC1. The van der Waals surface area contributed by atoms with Crippen molar-refractivity contribution in [3.63, 3.8) is 0 Å². The van der Waals surface area contributed by atoms with Gasteiger partial charge in [0, 0.05) is 39.3 Å². The van der Waals surface area contributed by atoms with E-state index < -0.39 is 0 Å². The Labute approximate surface area is 142 Å². The van der Waals surface area contributed by atoms with Gasteiger partial charge in [-0.3, -0.25) is 9.59 Å². The molecule has 0 atom stereocenters. The highest BCUT2D eigenvalue weighted by atomic mass is 16.5. The Morgan fingerprint density at radius 2 is 1.58 bits per heavy atom. The van der Waals surface area contributed by atoms with Crippen molar-refractivity contribution in [1.29, 1.82) is 0 Å². The van der Waals surface area contributed by atoms with Gasteiger partial charge >= 0.3 is 0 Å². The molecule has 1 aromatic heterocycles. The first-order valence-electron chi connectivity index (χ1n) is 8.89. The van der Waals surface area contributed by atoms with Gasteiger partial charge < -0.3 is 14.5 Å². The monoisotopic (exact) mass is 334 g/mol. The standard InChI is InChI=1S/C17H26N4O3/c1-19-16(24-13-15(22)20-8-6-7-9-20)12-14(18-19)17(23)21-10-4-2-3-5-11-21/h12H,2-11,13H2,1H3. The van der Waals surface area contributed by atoms with Crippen LogP contribution in [0.4, 0.5) is 0 Å². The lowest BCUT2D eigenvalue weighted by molar-refractivity contribution is -0.132. The van der Waals surface area contributed by atoms with Gasteiger partial charge in [-0.15, -0.1) is 0 Å². The maximum absolute atomic E-state index is 12.6. The number of carbonyl (C=O) groups excluding carboxylic acids is 2. The van der Waals surface area contributed by atoms with Crippen LogP contribution < -0.4 is 4.74 Å². The zero-order valence-corrected chi connectivity index (χ0v) is 14.4. The fourth-order valence-electron chi connectivity index (χ4n) is 3.32. The molecular weight excluding hydrogens is 308 g/mol. The normalized spacial score (nSPS) is 18.5. The molecule has 0 aromatic carbocycles. The lowest BCUT2D eigenvalue weighted by Gasteiger charge is -2.18. The maximum Gasteiger partial charge on any atom is 0.274 e. The Morgan fingerprint density at radius 3 is 2.25 bits per heavy atom. The van der Waals surface area contributed by atoms with Gasteiger partial charge in [0.25, 0.3) is 11.8 Å². The summed E-state index contributed by atoms with van der Waals surface area (Å²) in [6.45, 7) is 3.20. The van der Waals surface area contributed by atoms with E-state index in [4.69, 9.17) is 4.74 Å². The molecule has 2 aliphatic heterocycles. The second-order valence-corrected chi connectivity index (χ2v) is 6.57. The van der Waals surface area contributed by atoms with Gasteiger partial charge in [-0.2, -0.15) is 5.10 Å². The zero-order valence-electron chi connectivity index (χ0n) is 14.4. The second-order valence-electron chi connectivity index (χ2n) is 6.57. The third kappa shape index (κ3) is 3.88. The number of hydrogen-bond donors (Lipinski definition) is 0. The van der Waals surface area contributed by atoms with E-state index in [1.165, 1.54) is 17.5 Å². The van der Waals surface area contributed by atoms with Gasteiger partial charge in [0.15, 0.2) is 12.3 Å². The van der Waals surface area contributed by atoms with Gasteiger partial charge in [0.05, 0.1) is 0 Å². The van der Waals surface area contributed by atoms with E-state index in [1.807, 2.05) is 9.80 Å². The molecule has 3 rings (SSSR count). The van der Waals surface area contributed by atoms with E-state index in [9.17, 15) is 9.59 Å². The molecule has 24 heavy (non-hydrogen) atoms. The predicted octanol–water partition coefficient (Wildman–Crippen LogP) is 1.44. The molecule has 0 radical (unpaired) electrons. The maximum atomic E-state index is 12.6. The summed E-state index contributed by atoms with van der Waals surface area (Å²) in [6.07, 6.45) is 6.58. The third-order valence-corrected chi connectivity index (χ3v) is 4.75. The van der Waals surface area contributed by atoms with Crippen LogP contribution in [0.5, 0.6) is 5.88 Å². The number of rotatable bonds is 4. The smallest absolute Gasteiger partial charge is 0.274 e. The number of nitrogens with zero attached hydrogens (tertiary/aromatic N) is 4. The van der Waals surface area contributed by atoms with Crippen molar-refractivity contribution in [3.05, 3.63) is 11.8 Å². The Balaban J connectivity index is 1.59. The minimum absolute atomic E-state index is 0.00310. The minimum atomic E-state index is -0.0479. The van der Waals surface area contributed by atoms with Crippen molar-refractivity contribution >= 4 is 11.8 Å². The van der Waals surface area contributed by atoms with Crippen molar-refractivity contribution in [2.75, 3.05) is 32.8 Å². The number of hydrogen-bond acceptors (Lipinski definition) is 4. The molecular formula is C17H26N4O3. The van der Waals surface area contributed by atoms with E-state index in [0.29, 0.717) is 11.6 Å². The number of carbonyl (C=O) groups is 2. The van der Waals surface area contributed by atoms with Gasteiger partial charge in [-0.25, -0.2) is 4.68 Å². The first-order valence-corrected chi connectivity index (χ1v) is 8.89. The average Bonchev–Trinajstić information content (AvgIpc) is 3.15. The largest absolute Gasteiger partial charge is 0.468 e. The Kier molecular flexibility index (Phi) is 5.37. The number of ether oxygens (including phenoxy) is 1. The molecule has 0 unspecified atom stereocenters. The molecule has 0 saturated carbocycles. The predicted molar refractivity (Wildman–Crippen MR) is 88.9 cm³/mol. The molecule has 7 heteroatoms. The quantitative estimate of drug-likeness (QED) is 0.835. The molecule has 3 heterocycles. The summed E-state index contributed by atoms with van der Waals surface area (Å²) in [5.41, 5.74) is 0.392. The molecule has 2 amide bonds. The van der Waals surface area contributed by atoms with Crippen LogP contribution in [0.15, 0.2) is 6.07 Å². The second kappa shape index (κ2) is 7.68. The van der Waals surface area contributed by atoms with E-state index in [1.54, 1.807) is 13.1 Å². The lowest BCUT2D eigenvalue weighted by Crippen LogP contribution is -2.32. The van der Waals surface area contributed by atoms with E-state index in [2.05, 4.69) is 5.10 Å². The van der Waals surface area contributed by atoms with Crippen molar-refractivity contribution < 1.29 is 14.3 Å². The van der Waals surface area contributed by atoms with E-state index in [0.717, 1.165) is 51.9 Å². The number of likely N-dealkylation sites (tertiary alicyclic amines) is 2. The molecule has 132 valence electrons. The van der Waals surface area contributed by atoms with Crippen LogP contribution in [-0.2, 0) is 11.8 Å². The zero-order chi connectivity index (χ0) is 16.9. The van der Waals surface area contributed by atoms with Gasteiger partial charge in [-0.1, -0.05) is 12.8 Å². The topological polar surface area (TPSA) is 67.7 Å². The summed E-state index contributed by atoms with van der Waals surface area (Å²) in [7, 11) is 1.73.